The molecule has 2 aromatic carbocycles. The normalized spacial score (nSPS) is 15.5. The Morgan fingerprint density at radius 1 is 1.34 bits per heavy atom. The Kier molecular flexibility index (Phi) is 5.67. The van der Waals surface area contributed by atoms with E-state index in [4.69, 9.17) is 16.3 Å². The highest BCUT2D eigenvalue weighted by atomic mass is 35.5. The zero-order valence-corrected chi connectivity index (χ0v) is 19.1. The first-order valence-electron chi connectivity index (χ1n) is 10.6. The van der Waals surface area contributed by atoms with Gasteiger partial charge in [0.1, 0.15) is 24.3 Å². The Labute approximate surface area is 203 Å². The molecule has 0 saturated heterocycles. The molecule has 1 atom stereocenters. The summed E-state index contributed by atoms with van der Waals surface area (Å²) >= 11 is 4.78. The van der Waals surface area contributed by atoms with Gasteiger partial charge in [0.2, 0.25) is 0 Å². The van der Waals surface area contributed by atoms with Crippen LogP contribution in [0, 0.1) is 11.3 Å². The number of amides is 1. The molecule has 35 heavy (non-hydrogen) atoms. The van der Waals surface area contributed by atoms with Gasteiger partial charge in [-0.15, -0.1) is 8.78 Å². The van der Waals surface area contributed by atoms with Crippen molar-refractivity contribution in [1.29, 1.82) is 5.26 Å². The molecule has 0 spiro atoms. The minimum Gasteiger partial charge on any atom is -0.420 e. The highest BCUT2D eigenvalue weighted by molar-refractivity contribution is 6.20. The summed E-state index contributed by atoms with van der Waals surface area (Å²) in [5.41, 5.74) is -0.0876. The van der Waals surface area contributed by atoms with Crippen LogP contribution in [-0.4, -0.2) is 32.6 Å². The number of carbonyl (C=O) groups excluding carboxylic acids is 1. The zero-order chi connectivity index (χ0) is 24.7. The second kappa shape index (κ2) is 8.69. The summed E-state index contributed by atoms with van der Waals surface area (Å²) in [4.78, 5) is 20.9. The van der Waals surface area contributed by atoms with E-state index in [0.717, 1.165) is 11.3 Å². The predicted octanol–water partition coefficient (Wildman–Crippen LogP) is 5.41. The Hall–Kier alpha value is -3.94. The van der Waals surface area contributed by atoms with Crippen LogP contribution in [0.5, 0.6) is 5.75 Å². The fourth-order valence-corrected chi connectivity index (χ4v) is 4.29. The number of ether oxygens (including phenoxy) is 2. The van der Waals surface area contributed by atoms with Gasteiger partial charge in [-0.2, -0.15) is 5.26 Å². The molecule has 1 aliphatic heterocycles. The number of imidazole rings is 1. The van der Waals surface area contributed by atoms with Gasteiger partial charge in [-0.25, -0.2) is 4.98 Å². The fourth-order valence-electron chi connectivity index (χ4n) is 4.20. The topological polar surface area (TPSA) is 105 Å². The van der Waals surface area contributed by atoms with Crippen LogP contribution in [0.1, 0.15) is 34.7 Å². The molecule has 0 saturated carbocycles. The van der Waals surface area contributed by atoms with Crippen molar-refractivity contribution in [1.82, 2.24) is 14.5 Å². The van der Waals surface area contributed by atoms with Gasteiger partial charge in [0.05, 0.1) is 34.9 Å². The molecule has 11 heteroatoms. The lowest BCUT2D eigenvalue weighted by molar-refractivity contribution is -0.0964. The third kappa shape index (κ3) is 4.43. The molecule has 0 bridgehead atoms. The summed E-state index contributed by atoms with van der Waals surface area (Å²) in [5.74, 6) is 0.140. The number of benzene rings is 2. The summed E-state index contributed by atoms with van der Waals surface area (Å²) in [6.07, 6.45) is 1.67. The first-order chi connectivity index (χ1) is 16.7. The molecular weight excluding hydrogens is 480 g/mol. The van der Waals surface area contributed by atoms with Crippen molar-refractivity contribution in [2.45, 2.75) is 25.1 Å². The number of carbonyl (C=O) groups is 1. The van der Waals surface area contributed by atoms with E-state index in [1.54, 1.807) is 24.4 Å². The van der Waals surface area contributed by atoms with Crippen LogP contribution in [0.4, 0.5) is 14.5 Å². The average molecular weight is 498 g/mol. The van der Waals surface area contributed by atoms with Gasteiger partial charge in [0.15, 0.2) is 0 Å². The number of nitriles is 1. The lowest BCUT2D eigenvalue weighted by Gasteiger charge is -2.23. The largest absolute Gasteiger partial charge is 0.487 e. The number of H-pyrrole nitrogens is 1. The second-order valence-corrected chi connectivity index (χ2v) is 8.50. The number of alkyl halides is 3. The molecule has 0 radical (unpaired) electrons. The Balaban J connectivity index is 1.55. The highest BCUT2D eigenvalue weighted by Crippen LogP contribution is 2.36. The monoisotopic (exact) mass is 497 g/mol. The van der Waals surface area contributed by atoms with E-state index in [-0.39, 0.29) is 11.8 Å². The molecule has 178 valence electrons. The van der Waals surface area contributed by atoms with Crippen molar-refractivity contribution in [3.05, 3.63) is 65.6 Å². The number of hydrogen-bond donors (Lipinski definition) is 2. The predicted molar refractivity (Wildman–Crippen MR) is 124 cm³/mol. The second-order valence-electron chi connectivity index (χ2n) is 8.06. The number of halogens is 3. The SMILES string of the molecule is C[C@@H]1COCc2nc3cc(C(=O)Nc4ccc(OC(F)(F)Cl)cc4)cc(-c4[nH]ccc4C#N)c3n21. The average Bonchev–Trinajstić information content (AvgIpc) is 3.43. The molecule has 3 heterocycles. The third-order valence-electron chi connectivity index (χ3n) is 5.63. The summed E-state index contributed by atoms with van der Waals surface area (Å²) in [6, 6.07) is 12.6. The number of nitrogens with zero attached hydrogens (tertiary/aromatic N) is 3. The van der Waals surface area contributed by atoms with Gasteiger partial charge in [-0.1, -0.05) is 0 Å². The van der Waals surface area contributed by atoms with Gasteiger partial charge in [0.25, 0.3) is 5.91 Å². The number of aromatic amines is 1. The van der Waals surface area contributed by atoms with Gasteiger partial charge in [0, 0.05) is 34.6 Å². The molecular formula is C24H18ClF2N5O3. The Morgan fingerprint density at radius 2 is 2.11 bits per heavy atom. The third-order valence-corrected chi connectivity index (χ3v) is 5.71. The number of hydrogen-bond acceptors (Lipinski definition) is 5. The lowest BCUT2D eigenvalue weighted by Crippen LogP contribution is -2.21. The van der Waals surface area contributed by atoms with Crippen LogP contribution in [0.15, 0.2) is 48.7 Å². The Bertz CT molecular complexity index is 1470. The number of anilines is 1. The van der Waals surface area contributed by atoms with Crippen molar-refractivity contribution in [2.24, 2.45) is 0 Å². The zero-order valence-electron chi connectivity index (χ0n) is 18.3. The highest BCUT2D eigenvalue weighted by Gasteiger charge is 2.28. The quantitative estimate of drug-likeness (QED) is 0.358. The van der Waals surface area contributed by atoms with Crippen molar-refractivity contribution in [2.75, 3.05) is 11.9 Å². The van der Waals surface area contributed by atoms with Gasteiger partial charge in [-0.05, 0) is 49.4 Å². The van der Waals surface area contributed by atoms with Gasteiger partial charge in [-0.3, -0.25) is 4.79 Å². The van der Waals surface area contributed by atoms with Gasteiger partial charge >= 0.3 is 5.57 Å². The molecule has 1 aliphatic rings. The molecule has 0 fully saturated rings. The summed E-state index contributed by atoms with van der Waals surface area (Å²) in [7, 11) is 0. The Morgan fingerprint density at radius 3 is 2.83 bits per heavy atom. The number of nitrogens with one attached hydrogen (secondary N) is 2. The van der Waals surface area contributed by atoms with Crippen LogP contribution in [0.3, 0.4) is 0 Å². The maximum absolute atomic E-state index is 13.1. The fraction of sp³-hybridized carbons (Fsp3) is 0.208. The number of fused-ring (bicyclic) bond motifs is 3. The minimum absolute atomic E-state index is 0.0174. The molecule has 2 N–H and O–H groups in total. The molecule has 2 aromatic heterocycles. The molecule has 5 rings (SSSR count). The smallest absolute Gasteiger partial charge is 0.420 e. The first kappa shape index (κ1) is 22.8. The van der Waals surface area contributed by atoms with E-state index in [1.807, 2.05) is 6.92 Å². The molecule has 1 amide bonds. The van der Waals surface area contributed by atoms with E-state index >= 15 is 0 Å². The van der Waals surface area contributed by atoms with Crippen molar-refractivity contribution in [3.63, 3.8) is 0 Å². The van der Waals surface area contributed by atoms with E-state index in [0.29, 0.717) is 46.8 Å². The van der Waals surface area contributed by atoms with E-state index < -0.39 is 11.5 Å². The first-order valence-corrected chi connectivity index (χ1v) is 11.0. The van der Waals surface area contributed by atoms with Crippen molar-refractivity contribution < 1.29 is 23.0 Å². The summed E-state index contributed by atoms with van der Waals surface area (Å²) < 4.78 is 37.6. The number of rotatable bonds is 5. The summed E-state index contributed by atoms with van der Waals surface area (Å²) in [5, 5.41) is 12.3. The maximum atomic E-state index is 13.1. The van der Waals surface area contributed by atoms with Crippen LogP contribution in [-0.2, 0) is 11.3 Å². The number of aromatic nitrogens is 3. The summed E-state index contributed by atoms with van der Waals surface area (Å²) in [6.45, 7) is 2.87. The van der Waals surface area contributed by atoms with Crippen LogP contribution < -0.4 is 10.1 Å². The molecule has 8 nitrogen and oxygen atoms in total. The molecule has 4 aromatic rings. The van der Waals surface area contributed by atoms with Crippen molar-refractivity contribution in [3.8, 4) is 23.1 Å². The van der Waals surface area contributed by atoms with Crippen LogP contribution in [0.25, 0.3) is 22.3 Å². The molecule has 0 unspecified atom stereocenters. The van der Waals surface area contributed by atoms with Crippen LogP contribution >= 0.6 is 11.6 Å². The van der Waals surface area contributed by atoms with E-state index in [2.05, 4.69) is 30.7 Å². The standard InChI is InChI=1S/C24H18ClF2N5O3/c1-13-11-34-12-20-31-19-9-15(8-18(22(19)32(13)20)21-14(10-28)6-7-29-21)23(33)30-16-2-4-17(5-3-16)35-24(25,26)27/h2-9,13,29H,11-12H2,1H3,(H,30,33)/t13-/m1/s1. The van der Waals surface area contributed by atoms with Crippen LogP contribution in [0.2, 0.25) is 0 Å². The van der Waals surface area contributed by atoms with Crippen molar-refractivity contribution >= 4 is 34.2 Å². The lowest BCUT2D eigenvalue weighted by atomic mass is 10.0. The van der Waals surface area contributed by atoms with E-state index in [1.165, 1.54) is 24.3 Å². The van der Waals surface area contributed by atoms with Gasteiger partial charge < -0.3 is 24.3 Å². The minimum atomic E-state index is -3.83. The maximum Gasteiger partial charge on any atom is 0.487 e. The van der Waals surface area contributed by atoms with E-state index in [9.17, 15) is 18.8 Å². The molecule has 0 aliphatic carbocycles.